The van der Waals surface area contributed by atoms with Crippen LogP contribution in [0, 0.1) is 5.92 Å². The van der Waals surface area contributed by atoms with E-state index in [1.54, 1.807) is 47.9 Å². The third kappa shape index (κ3) is 7.62. The van der Waals surface area contributed by atoms with E-state index in [4.69, 9.17) is 4.74 Å². The Labute approximate surface area is 250 Å². The maximum absolute atomic E-state index is 14.0. The maximum Gasteiger partial charge on any atom is 0.324 e. The molecule has 1 fully saturated rings. The number of urea groups is 1. The number of piperidine rings is 1. The third-order valence-electron chi connectivity index (χ3n) is 6.97. The van der Waals surface area contributed by atoms with Crippen LogP contribution >= 0.6 is 12.4 Å². The Morgan fingerprint density at radius 3 is 2.21 bits per heavy atom. The molecule has 12 nitrogen and oxygen atoms in total. The molecule has 0 spiro atoms. The lowest BCUT2D eigenvalue weighted by atomic mass is 9.88. The van der Waals surface area contributed by atoms with Crippen LogP contribution in [0.2, 0.25) is 0 Å². The first-order valence-electron chi connectivity index (χ1n) is 12.9. The second kappa shape index (κ2) is 14.7. The van der Waals surface area contributed by atoms with E-state index >= 15 is 0 Å². The van der Waals surface area contributed by atoms with Crippen LogP contribution < -0.4 is 15.5 Å². The number of hydroxylamine groups is 1. The van der Waals surface area contributed by atoms with Gasteiger partial charge in [0, 0.05) is 37.6 Å². The molecule has 0 radical (unpaired) electrons. The lowest BCUT2D eigenvalue weighted by Gasteiger charge is -2.39. The summed E-state index contributed by atoms with van der Waals surface area (Å²) >= 11 is 0. The molecule has 4 rings (SSSR count). The van der Waals surface area contributed by atoms with Gasteiger partial charge in [-0.05, 0) is 72.9 Å². The number of methoxy groups -OCH3 is 1. The van der Waals surface area contributed by atoms with E-state index in [0.29, 0.717) is 16.9 Å². The molecule has 1 aliphatic rings. The van der Waals surface area contributed by atoms with Crippen molar-refractivity contribution in [2.45, 2.75) is 30.3 Å². The Morgan fingerprint density at radius 2 is 1.64 bits per heavy atom. The fourth-order valence-electron chi connectivity index (χ4n) is 4.79. The summed E-state index contributed by atoms with van der Waals surface area (Å²) in [7, 11) is -2.79. The number of likely N-dealkylation sites (tertiary alicyclic amines) is 1. The third-order valence-corrected chi connectivity index (χ3v) is 8.81. The van der Waals surface area contributed by atoms with Crippen molar-refractivity contribution in [2.24, 2.45) is 5.92 Å². The zero-order chi connectivity index (χ0) is 29.4. The molecule has 1 aliphatic heterocycles. The van der Waals surface area contributed by atoms with Crippen molar-refractivity contribution >= 4 is 40.3 Å². The summed E-state index contributed by atoms with van der Waals surface area (Å²) in [6, 6.07) is 15.5. The quantitative estimate of drug-likeness (QED) is 0.244. The zero-order valence-corrected chi connectivity index (χ0v) is 24.4. The van der Waals surface area contributed by atoms with E-state index in [0.717, 1.165) is 4.31 Å². The molecule has 0 aliphatic carbocycles. The van der Waals surface area contributed by atoms with Crippen molar-refractivity contribution in [1.29, 1.82) is 0 Å². The van der Waals surface area contributed by atoms with Gasteiger partial charge in [-0.1, -0.05) is 18.2 Å². The molecule has 0 unspecified atom stereocenters. The highest BCUT2D eigenvalue weighted by Gasteiger charge is 2.42. The summed E-state index contributed by atoms with van der Waals surface area (Å²) in [6.45, 7) is 0.167. The van der Waals surface area contributed by atoms with Gasteiger partial charge in [0.2, 0.25) is 10.0 Å². The van der Waals surface area contributed by atoms with Crippen LogP contribution in [0.4, 0.5) is 4.79 Å². The van der Waals surface area contributed by atoms with Crippen LogP contribution in [0.5, 0.6) is 5.75 Å². The van der Waals surface area contributed by atoms with Gasteiger partial charge in [-0.3, -0.25) is 25.1 Å². The number of nitrogens with one attached hydrogen (secondary N) is 2. The highest BCUT2D eigenvalue weighted by atomic mass is 35.5. The molecular weight excluding hydrogens is 586 g/mol. The number of imide groups is 1. The number of ether oxygens (including phenoxy) is 1. The van der Waals surface area contributed by atoms with Crippen molar-refractivity contribution in [2.75, 3.05) is 20.2 Å². The van der Waals surface area contributed by atoms with Gasteiger partial charge in [0.1, 0.15) is 11.8 Å². The molecule has 0 saturated carbocycles. The molecule has 2 heterocycles. The van der Waals surface area contributed by atoms with Crippen molar-refractivity contribution < 1.29 is 32.7 Å². The Hall–Kier alpha value is -4.04. The number of aromatic nitrogens is 1. The lowest BCUT2D eigenvalue weighted by molar-refractivity contribution is -0.135. The van der Waals surface area contributed by atoms with Gasteiger partial charge >= 0.3 is 6.03 Å². The first-order chi connectivity index (χ1) is 19.7. The second-order valence-electron chi connectivity index (χ2n) is 9.45. The fourth-order valence-corrected chi connectivity index (χ4v) is 6.42. The number of pyridine rings is 1. The molecule has 4 amide bonds. The number of rotatable bonds is 9. The van der Waals surface area contributed by atoms with E-state index in [2.05, 4.69) is 10.3 Å². The van der Waals surface area contributed by atoms with Gasteiger partial charge in [-0.25, -0.2) is 18.7 Å². The van der Waals surface area contributed by atoms with Crippen molar-refractivity contribution in [3.63, 3.8) is 0 Å². The van der Waals surface area contributed by atoms with E-state index in [1.165, 1.54) is 48.7 Å². The Bertz CT molecular complexity index is 1450. The van der Waals surface area contributed by atoms with Gasteiger partial charge in [0.25, 0.3) is 11.8 Å². The van der Waals surface area contributed by atoms with Crippen LogP contribution in [0.3, 0.4) is 0 Å². The van der Waals surface area contributed by atoms with Crippen LogP contribution in [0.25, 0.3) is 0 Å². The van der Waals surface area contributed by atoms with Crippen LogP contribution in [0.1, 0.15) is 28.8 Å². The second-order valence-corrected chi connectivity index (χ2v) is 11.3. The van der Waals surface area contributed by atoms with Gasteiger partial charge in [0.15, 0.2) is 0 Å². The predicted molar refractivity (Wildman–Crippen MR) is 155 cm³/mol. The Morgan fingerprint density at radius 1 is 1.02 bits per heavy atom. The Kier molecular flexibility index (Phi) is 11.4. The van der Waals surface area contributed by atoms with Gasteiger partial charge in [-0.15, -0.1) is 12.4 Å². The fraction of sp³-hybridized carbons (Fsp3) is 0.286. The SMILES string of the molecule is COc1ccc(S(=O)(=O)N(Cc2ccncc2)[C@@H](C(=O)NO)C2CCN(C(=O)NC(=O)c3ccccc3)CC2)cc1.Cl. The number of amides is 4. The summed E-state index contributed by atoms with van der Waals surface area (Å²) in [5.41, 5.74) is 2.56. The molecule has 42 heavy (non-hydrogen) atoms. The van der Waals surface area contributed by atoms with E-state index in [1.807, 2.05) is 0 Å². The molecule has 3 N–H and O–H groups in total. The summed E-state index contributed by atoms with van der Waals surface area (Å²) < 4.78 is 34.1. The van der Waals surface area contributed by atoms with Crippen molar-refractivity contribution in [3.05, 3.63) is 90.3 Å². The minimum Gasteiger partial charge on any atom is -0.497 e. The number of benzene rings is 2. The summed E-state index contributed by atoms with van der Waals surface area (Å²) in [5.74, 6) is -1.51. The number of sulfonamides is 1. The van der Waals surface area contributed by atoms with Crippen LogP contribution in [-0.4, -0.2) is 71.9 Å². The van der Waals surface area contributed by atoms with Gasteiger partial charge < -0.3 is 9.64 Å². The molecule has 3 aromatic rings. The molecular formula is C28H32ClN5O7S. The van der Waals surface area contributed by atoms with Crippen molar-refractivity contribution in [3.8, 4) is 5.75 Å². The first-order valence-corrected chi connectivity index (χ1v) is 14.3. The number of nitrogens with zero attached hydrogens (tertiary/aromatic N) is 3. The van der Waals surface area contributed by atoms with Crippen molar-refractivity contribution in [1.82, 2.24) is 25.0 Å². The predicted octanol–water partition coefficient (Wildman–Crippen LogP) is 2.84. The Balaban J connectivity index is 0.00000484. The highest BCUT2D eigenvalue weighted by molar-refractivity contribution is 7.89. The summed E-state index contributed by atoms with van der Waals surface area (Å²) in [4.78, 5) is 43.7. The smallest absolute Gasteiger partial charge is 0.324 e. The molecule has 1 saturated heterocycles. The first kappa shape index (κ1) is 32.5. The van der Waals surface area contributed by atoms with Crippen LogP contribution in [-0.2, 0) is 21.4 Å². The number of carbonyl (C=O) groups excluding carboxylic acids is 3. The lowest BCUT2D eigenvalue weighted by Crippen LogP contribution is -2.55. The van der Waals surface area contributed by atoms with Crippen LogP contribution in [0.15, 0.2) is 84.0 Å². The van der Waals surface area contributed by atoms with Gasteiger partial charge in [0.05, 0.1) is 12.0 Å². The van der Waals surface area contributed by atoms with E-state index in [-0.39, 0.29) is 49.8 Å². The van der Waals surface area contributed by atoms with E-state index < -0.39 is 39.8 Å². The average Bonchev–Trinajstić information content (AvgIpc) is 3.01. The number of halogens is 1. The molecule has 224 valence electrons. The largest absolute Gasteiger partial charge is 0.497 e. The zero-order valence-electron chi connectivity index (χ0n) is 22.8. The average molecular weight is 618 g/mol. The number of carbonyl (C=O) groups is 3. The summed E-state index contributed by atoms with van der Waals surface area (Å²) in [5, 5.41) is 12.0. The summed E-state index contributed by atoms with van der Waals surface area (Å²) in [6.07, 6.45) is 3.52. The topological polar surface area (TPSA) is 158 Å². The molecule has 0 bridgehead atoms. The molecule has 2 aromatic carbocycles. The minimum atomic E-state index is -4.26. The van der Waals surface area contributed by atoms with E-state index in [9.17, 15) is 28.0 Å². The molecule has 1 aromatic heterocycles. The standard InChI is InChI=1S/C28H31N5O7S.ClH/c1-40-23-7-9-24(10-8-23)41(38,39)33(19-20-11-15-29-16-12-20)25(27(35)31-37)21-13-17-32(18-14-21)28(36)30-26(34)22-5-3-2-4-6-22;/h2-12,15-16,21,25,37H,13-14,17-19H2,1H3,(H,31,35)(H,30,34,36);1H/t25-;/m1./s1. The number of hydrogen-bond acceptors (Lipinski definition) is 8. The normalized spacial score (nSPS) is 14.4. The highest BCUT2D eigenvalue weighted by Crippen LogP contribution is 2.31. The minimum absolute atomic E-state index is 0. The van der Waals surface area contributed by atoms with Gasteiger partial charge in [-0.2, -0.15) is 4.31 Å². The molecule has 14 heteroatoms. The number of hydrogen-bond donors (Lipinski definition) is 3. The monoisotopic (exact) mass is 617 g/mol. The molecule has 1 atom stereocenters. The maximum atomic E-state index is 14.0.